The molecule has 0 aliphatic carbocycles. The van der Waals surface area contributed by atoms with Gasteiger partial charge < -0.3 is 5.11 Å². The minimum absolute atomic E-state index is 0.444. The molecule has 0 aliphatic rings. The molecule has 0 spiro atoms. The normalized spacial score (nSPS) is 13.1. The van der Waals surface area contributed by atoms with Crippen molar-refractivity contribution in [1.82, 2.24) is 0 Å². The number of hydrogen-bond donors (Lipinski definition) is 1. The highest BCUT2D eigenvalue weighted by atomic mass is 16.3. The van der Waals surface area contributed by atoms with E-state index in [9.17, 15) is 5.11 Å². The standard InChI is InChI=1S/C18H18O/c19-18(15-14-17-10-5-2-6-11-17)13-7-12-16-8-3-1-4-9-16/h1-12,14-15,18-19H,13H2/b12-7+,15-14+. The summed E-state index contributed by atoms with van der Waals surface area (Å²) in [4.78, 5) is 0. The van der Waals surface area contributed by atoms with Gasteiger partial charge in [0, 0.05) is 0 Å². The van der Waals surface area contributed by atoms with E-state index in [2.05, 4.69) is 0 Å². The molecule has 0 saturated carbocycles. The fourth-order valence-corrected chi connectivity index (χ4v) is 1.77. The molecule has 0 amide bonds. The van der Waals surface area contributed by atoms with Crippen molar-refractivity contribution in [3.63, 3.8) is 0 Å². The maximum atomic E-state index is 9.85. The van der Waals surface area contributed by atoms with Gasteiger partial charge in [-0.1, -0.05) is 85.0 Å². The van der Waals surface area contributed by atoms with Crippen LogP contribution in [-0.4, -0.2) is 11.2 Å². The quantitative estimate of drug-likeness (QED) is 0.844. The zero-order valence-corrected chi connectivity index (χ0v) is 10.8. The maximum absolute atomic E-state index is 9.85. The molecule has 19 heavy (non-hydrogen) atoms. The molecule has 2 aromatic carbocycles. The number of aliphatic hydroxyl groups excluding tert-OH is 1. The van der Waals surface area contributed by atoms with Crippen molar-refractivity contribution in [3.8, 4) is 0 Å². The minimum Gasteiger partial charge on any atom is -0.389 e. The van der Waals surface area contributed by atoms with Crippen LogP contribution in [0.1, 0.15) is 17.5 Å². The Kier molecular flexibility index (Phi) is 5.15. The van der Waals surface area contributed by atoms with Crippen LogP contribution in [-0.2, 0) is 0 Å². The highest BCUT2D eigenvalue weighted by Gasteiger charge is 1.95. The van der Waals surface area contributed by atoms with Crippen LogP contribution in [0.25, 0.3) is 12.2 Å². The molecule has 0 heterocycles. The van der Waals surface area contributed by atoms with Crippen molar-refractivity contribution in [2.75, 3.05) is 0 Å². The predicted octanol–water partition coefficient (Wildman–Crippen LogP) is 4.16. The molecule has 1 N–H and O–H groups in total. The zero-order valence-electron chi connectivity index (χ0n) is 10.8. The fourth-order valence-electron chi connectivity index (χ4n) is 1.77. The van der Waals surface area contributed by atoms with Gasteiger partial charge in [-0.05, 0) is 17.5 Å². The van der Waals surface area contributed by atoms with Gasteiger partial charge in [-0.25, -0.2) is 0 Å². The second kappa shape index (κ2) is 7.34. The van der Waals surface area contributed by atoms with Gasteiger partial charge in [-0.15, -0.1) is 0 Å². The second-order valence-electron chi connectivity index (χ2n) is 4.39. The first-order chi connectivity index (χ1) is 9.34. The molecular formula is C18H18O. The molecule has 1 atom stereocenters. The van der Waals surface area contributed by atoms with Crippen LogP contribution in [0.5, 0.6) is 0 Å². The van der Waals surface area contributed by atoms with Crippen molar-refractivity contribution in [2.24, 2.45) is 0 Å². The van der Waals surface area contributed by atoms with E-state index in [1.165, 1.54) is 0 Å². The van der Waals surface area contributed by atoms with E-state index in [4.69, 9.17) is 0 Å². The molecule has 0 aromatic heterocycles. The van der Waals surface area contributed by atoms with Gasteiger partial charge in [-0.2, -0.15) is 0 Å². The molecule has 1 unspecified atom stereocenters. The molecule has 0 aliphatic heterocycles. The van der Waals surface area contributed by atoms with Gasteiger partial charge in [0.2, 0.25) is 0 Å². The van der Waals surface area contributed by atoms with Crippen molar-refractivity contribution in [2.45, 2.75) is 12.5 Å². The molecule has 0 saturated heterocycles. The van der Waals surface area contributed by atoms with Gasteiger partial charge >= 0.3 is 0 Å². The Morgan fingerprint density at radius 3 is 1.89 bits per heavy atom. The Morgan fingerprint density at radius 1 is 0.789 bits per heavy atom. The van der Waals surface area contributed by atoms with Crippen LogP contribution in [0.2, 0.25) is 0 Å². The Balaban J connectivity index is 1.83. The van der Waals surface area contributed by atoms with E-state index in [-0.39, 0.29) is 0 Å². The number of benzene rings is 2. The Morgan fingerprint density at radius 2 is 1.32 bits per heavy atom. The summed E-state index contributed by atoms with van der Waals surface area (Å²) >= 11 is 0. The molecule has 1 heteroatoms. The van der Waals surface area contributed by atoms with Crippen LogP contribution in [0.15, 0.2) is 72.8 Å². The number of aliphatic hydroxyl groups is 1. The van der Waals surface area contributed by atoms with Gasteiger partial charge in [0.05, 0.1) is 6.10 Å². The summed E-state index contributed by atoms with van der Waals surface area (Å²) in [6.45, 7) is 0. The lowest BCUT2D eigenvalue weighted by molar-refractivity contribution is 0.228. The van der Waals surface area contributed by atoms with E-state index >= 15 is 0 Å². The smallest absolute Gasteiger partial charge is 0.0758 e. The van der Waals surface area contributed by atoms with E-state index < -0.39 is 6.10 Å². The molecule has 0 fully saturated rings. The first-order valence-electron chi connectivity index (χ1n) is 6.47. The third-order valence-corrected chi connectivity index (χ3v) is 2.80. The van der Waals surface area contributed by atoms with Crippen molar-refractivity contribution in [1.29, 1.82) is 0 Å². The Bertz CT molecular complexity index is 526. The molecule has 96 valence electrons. The van der Waals surface area contributed by atoms with E-state index in [0.29, 0.717) is 6.42 Å². The summed E-state index contributed by atoms with van der Waals surface area (Å²) < 4.78 is 0. The van der Waals surface area contributed by atoms with Gasteiger partial charge in [0.1, 0.15) is 0 Å². The Labute approximate surface area is 114 Å². The first kappa shape index (κ1) is 13.3. The summed E-state index contributed by atoms with van der Waals surface area (Å²) in [6.07, 6.45) is 7.97. The molecule has 1 nitrogen and oxygen atoms in total. The molecule has 0 bridgehead atoms. The average molecular weight is 250 g/mol. The topological polar surface area (TPSA) is 20.2 Å². The summed E-state index contributed by atoms with van der Waals surface area (Å²) in [5, 5.41) is 9.85. The van der Waals surface area contributed by atoms with E-state index in [1.54, 1.807) is 0 Å². The average Bonchev–Trinajstić information content (AvgIpc) is 2.47. The predicted molar refractivity (Wildman–Crippen MR) is 81.6 cm³/mol. The van der Waals surface area contributed by atoms with Crippen LogP contribution in [0.4, 0.5) is 0 Å². The summed E-state index contributed by atoms with van der Waals surface area (Å²) in [6, 6.07) is 20.1. The lowest BCUT2D eigenvalue weighted by atomic mass is 10.1. The number of rotatable bonds is 5. The third-order valence-electron chi connectivity index (χ3n) is 2.80. The summed E-state index contributed by atoms with van der Waals surface area (Å²) in [5.74, 6) is 0. The zero-order chi connectivity index (χ0) is 13.3. The minimum atomic E-state index is -0.444. The largest absolute Gasteiger partial charge is 0.389 e. The summed E-state index contributed by atoms with van der Waals surface area (Å²) in [5.41, 5.74) is 2.26. The fraction of sp³-hybridized carbons (Fsp3) is 0.111. The van der Waals surface area contributed by atoms with Gasteiger partial charge in [0.15, 0.2) is 0 Å². The van der Waals surface area contributed by atoms with Crippen molar-refractivity contribution in [3.05, 3.63) is 83.9 Å². The first-order valence-corrected chi connectivity index (χ1v) is 6.47. The van der Waals surface area contributed by atoms with Crippen LogP contribution in [0.3, 0.4) is 0 Å². The van der Waals surface area contributed by atoms with Crippen LogP contribution >= 0.6 is 0 Å². The third kappa shape index (κ3) is 4.94. The lowest BCUT2D eigenvalue weighted by Gasteiger charge is -2.00. The molecule has 2 aromatic rings. The molecule has 2 rings (SSSR count). The van der Waals surface area contributed by atoms with E-state index in [0.717, 1.165) is 11.1 Å². The SMILES string of the molecule is OC(/C=C/c1ccccc1)C/C=C/c1ccccc1. The Hall–Kier alpha value is -2.12. The second-order valence-corrected chi connectivity index (χ2v) is 4.39. The maximum Gasteiger partial charge on any atom is 0.0758 e. The van der Waals surface area contributed by atoms with Crippen molar-refractivity contribution >= 4 is 12.2 Å². The molecule has 0 radical (unpaired) electrons. The highest BCUT2D eigenvalue weighted by molar-refractivity contribution is 5.50. The highest BCUT2D eigenvalue weighted by Crippen LogP contribution is 2.06. The molecular weight excluding hydrogens is 232 g/mol. The van der Waals surface area contributed by atoms with Crippen LogP contribution in [0, 0.1) is 0 Å². The van der Waals surface area contributed by atoms with Gasteiger partial charge in [0.25, 0.3) is 0 Å². The monoisotopic (exact) mass is 250 g/mol. The van der Waals surface area contributed by atoms with Crippen LogP contribution < -0.4 is 0 Å². The van der Waals surface area contributed by atoms with Gasteiger partial charge in [-0.3, -0.25) is 0 Å². The van der Waals surface area contributed by atoms with E-state index in [1.807, 2.05) is 85.0 Å². The lowest BCUT2D eigenvalue weighted by Crippen LogP contribution is -1.98. The number of hydrogen-bond acceptors (Lipinski definition) is 1. The summed E-state index contributed by atoms with van der Waals surface area (Å²) in [7, 11) is 0. The van der Waals surface area contributed by atoms with Crippen molar-refractivity contribution < 1.29 is 5.11 Å².